The number of carbonyl (C=O) groups excluding carboxylic acids is 1. The molecule has 134 valence electrons. The van der Waals surface area contributed by atoms with Gasteiger partial charge in [-0.15, -0.1) is 0 Å². The van der Waals surface area contributed by atoms with Crippen LogP contribution in [0.2, 0.25) is 5.02 Å². The predicted octanol–water partition coefficient (Wildman–Crippen LogP) is 2.97. The van der Waals surface area contributed by atoms with Crippen molar-refractivity contribution in [1.29, 1.82) is 0 Å². The standard InChI is InChI=1S/C18H17BrClN5O/c19-12-4-5-17-22-14(10-25(17)9-12)8-21-18(26)16-7-15(23-24-16)11-2-1-3-13(20)6-11/h1-6,9-10,15-16,23-24H,7-8H2,(H,21,26). The molecule has 0 spiro atoms. The fourth-order valence-corrected chi connectivity index (χ4v) is 3.62. The third-order valence-corrected chi connectivity index (χ3v) is 5.08. The van der Waals surface area contributed by atoms with Crippen LogP contribution in [-0.2, 0) is 11.3 Å². The van der Waals surface area contributed by atoms with Crippen molar-refractivity contribution in [1.82, 2.24) is 25.6 Å². The molecule has 3 aromatic rings. The average Bonchev–Trinajstić information content (AvgIpc) is 3.26. The van der Waals surface area contributed by atoms with Gasteiger partial charge in [0.1, 0.15) is 11.7 Å². The number of pyridine rings is 1. The number of amides is 1. The second kappa shape index (κ2) is 7.36. The number of hydrogen-bond acceptors (Lipinski definition) is 4. The van der Waals surface area contributed by atoms with Crippen LogP contribution in [0, 0.1) is 0 Å². The Hall–Kier alpha value is -1.93. The lowest BCUT2D eigenvalue weighted by Crippen LogP contribution is -2.42. The lowest BCUT2D eigenvalue weighted by Gasteiger charge is -2.10. The van der Waals surface area contributed by atoms with Crippen molar-refractivity contribution in [3.05, 3.63) is 69.5 Å². The number of halogens is 2. The Bertz CT molecular complexity index is 960. The first-order valence-electron chi connectivity index (χ1n) is 8.26. The fraction of sp³-hybridized carbons (Fsp3) is 0.222. The SMILES string of the molecule is O=C(NCc1cn2cc(Br)ccc2n1)C1CC(c2cccc(Cl)c2)NN1. The topological polar surface area (TPSA) is 70.5 Å². The Balaban J connectivity index is 1.36. The highest BCUT2D eigenvalue weighted by Gasteiger charge is 2.30. The summed E-state index contributed by atoms with van der Waals surface area (Å²) >= 11 is 9.48. The van der Waals surface area contributed by atoms with Gasteiger partial charge in [0, 0.05) is 27.9 Å². The molecule has 0 aliphatic carbocycles. The summed E-state index contributed by atoms with van der Waals surface area (Å²) in [5.74, 6) is -0.0553. The minimum Gasteiger partial charge on any atom is -0.349 e. The highest BCUT2D eigenvalue weighted by molar-refractivity contribution is 9.10. The Morgan fingerprint density at radius 1 is 1.31 bits per heavy atom. The van der Waals surface area contributed by atoms with Gasteiger partial charge in [0.25, 0.3) is 0 Å². The van der Waals surface area contributed by atoms with Crippen LogP contribution in [0.25, 0.3) is 5.65 Å². The summed E-state index contributed by atoms with van der Waals surface area (Å²) in [6.07, 6.45) is 4.51. The molecule has 1 aliphatic rings. The summed E-state index contributed by atoms with van der Waals surface area (Å²) in [4.78, 5) is 17.0. The van der Waals surface area contributed by atoms with E-state index >= 15 is 0 Å². The van der Waals surface area contributed by atoms with E-state index in [1.54, 1.807) is 0 Å². The molecular formula is C18H17BrClN5O. The minimum atomic E-state index is -0.301. The van der Waals surface area contributed by atoms with E-state index in [0.29, 0.717) is 18.0 Å². The number of rotatable bonds is 4. The van der Waals surface area contributed by atoms with Crippen LogP contribution in [0.3, 0.4) is 0 Å². The van der Waals surface area contributed by atoms with E-state index < -0.39 is 0 Å². The lowest BCUT2D eigenvalue weighted by molar-refractivity contribution is -0.123. The van der Waals surface area contributed by atoms with E-state index in [0.717, 1.165) is 21.4 Å². The zero-order valence-corrected chi connectivity index (χ0v) is 16.1. The van der Waals surface area contributed by atoms with Crippen molar-refractivity contribution in [3.63, 3.8) is 0 Å². The molecule has 3 heterocycles. The lowest BCUT2D eigenvalue weighted by atomic mass is 10.0. The monoisotopic (exact) mass is 433 g/mol. The molecule has 1 aliphatic heterocycles. The maximum absolute atomic E-state index is 12.5. The van der Waals surface area contributed by atoms with Gasteiger partial charge in [-0.1, -0.05) is 23.7 Å². The van der Waals surface area contributed by atoms with Crippen LogP contribution >= 0.6 is 27.5 Å². The summed E-state index contributed by atoms with van der Waals surface area (Å²) in [6.45, 7) is 0.387. The number of carbonyl (C=O) groups is 1. The third kappa shape index (κ3) is 3.76. The highest BCUT2D eigenvalue weighted by Crippen LogP contribution is 2.24. The number of benzene rings is 1. The van der Waals surface area contributed by atoms with Gasteiger partial charge in [0.15, 0.2) is 0 Å². The molecule has 1 fully saturated rings. The normalized spacial score (nSPS) is 19.8. The molecule has 0 saturated carbocycles. The Morgan fingerprint density at radius 3 is 3.04 bits per heavy atom. The number of nitrogens with zero attached hydrogens (tertiary/aromatic N) is 2. The van der Waals surface area contributed by atoms with E-state index in [2.05, 4.69) is 37.1 Å². The van der Waals surface area contributed by atoms with Gasteiger partial charge in [0.05, 0.1) is 12.2 Å². The Morgan fingerprint density at radius 2 is 2.19 bits per heavy atom. The molecule has 2 aromatic heterocycles. The smallest absolute Gasteiger partial charge is 0.238 e. The summed E-state index contributed by atoms with van der Waals surface area (Å²) in [7, 11) is 0. The van der Waals surface area contributed by atoms with E-state index in [4.69, 9.17) is 11.6 Å². The van der Waals surface area contributed by atoms with Crippen molar-refractivity contribution >= 4 is 39.1 Å². The second-order valence-corrected chi connectivity index (χ2v) is 7.60. The maximum atomic E-state index is 12.5. The molecular weight excluding hydrogens is 418 g/mol. The summed E-state index contributed by atoms with van der Waals surface area (Å²) in [6, 6.07) is 11.3. The largest absolute Gasteiger partial charge is 0.349 e. The van der Waals surface area contributed by atoms with Crippen LogP contribution in [-0.4, -0.2) is 21.3 Å². The number of hydrogen-bond donors (Lipinski definition) is 3. The van der Waals surface area contributed by atoms with Crippen molar-refractivity contribution < 1.29 is 4.79 Å². The molecule has 26 heavy (non-hydrogen) atoms. The second-order valence-electron chi connectivity index (χ2n) is 6.25. The number of nitrogens with one attached hydrogen (secondary N) is 3. The zero-order valence-electron chi connectivity index (χ0n) is 13.7. The van der Waals surface area contributed by atoms with Crippen molar-refractivity contribution in [3.8, 4) is 0 Å². The molecule has 1 aromatic carbocycles. The predicted molar refractivity (Wildman–Crippen MR) is 104 cm³/mol. The number of fused-ring (bicyclic) bond motifs is 1. The Labute approximate surface area is 164 Å². The first-order valence-corrected chi connectivity index (χ1v) is 9.43. The van der Waals surface area contributed by atoms with Crippen molar-refractivity contribution in [2.24, 2.45) is 0 Å². The number of hydrazine groups is 1. The minimum absolute atomic E-state index is 0.0528. The van der Waals surface area contributed by atoms with Gasteiger partial charge in [-0.05, 0) is 52.2 Å². The van der Waals surface area contributed by atoms with E-state index in [9.17, 15) is 4.79 Å². The molecule has 8 heteroatoms. The van der Waals surface area contributed by atoms with Crippen LogP contribution in [0.1, 0.15) is 23.7 Å². The fourth-order valence-electron chi connectivity index (χ4n) is 3.07. The summed E-state index contributed by atoms with van der Waals surface area (Å²) in [5.41, 5.74) is 8.94. The average molecular weight is 435 g/mol. The number of aromatic nitrogens is 2. The van der Waals surface area contributed by atoms with Crippen molar-refractivity contribution in [2.75, 3.05) is 0 Å². The number of imidazole rings is 1. The summed E-state index contributed by atoms with van der Waals surface area (Å²) in [5, 5.41) is 3.64. The van der Waals surface area contributed by atoms with Gasteiger partial charge in [-0.2, -0.15) is 0 Å². The summed E-state index contributed by atoms with van der Waals surface area (Å²) < 4.78 is 2.90. The van der Waals surface area contributed by atoms with E-state index in [-0.39, 0.29) is 18.0 Å². The molecule has 0 bridgehead atoms. The molecule has 2 unspecified atom stereocenters. The van der Waals surface area contributed by atoms with Crippen molar-refractivity contribution in [2.45, 2.75) is 25.0 Å². The van der Waals surface area contributed by atoms with Crippen LogP contribution in [0.15, 0.2) is 53.3 Å². The van der Waals surface area contributed by atoms with Crippen LogP contribution in [0.4, 0.5) is 0 Å². The van der Waals surface area contributed by atoms with Gasteiger partial charge in [0.2, 0.25) is 5.91 Å². The quantitative estimate of drug-likeness (QED) is 0.590. The third-order valence-electron chi connectivity index (χ3n) is 4.38. The molecule has 6 nitrogen and oxygen atoms in total. The molecule has 1 amide bonds. The van der Waals surface area contributed by atoms with Gasteiger partial charge >= 0.3 is 0 Å². The Kier molecular flexibility index (Phi) is 4.95. The molecule has 2 atom stereocenters. The van der Waals surface area contributed by atoms with Crippen LogP contribution in [0.5, 0.6) is 0 Å². The first kappa shape index (κ1) is 17.5. The first-order chi connectivity index (χ1) is 12.6. The van der Waals surface area contributed by atoms with Gasteiger partial charge in [-0.3, -0.25) is 4.79 Å². The molecule has 1 saturated heterocycles. The maximum Gasteiger partial charge on any atom is 0.238 e. The van der Waals surface area contributed by atoms with Gasteiger partial charge < -0.3 is 9.72 Å². The van der Waals surface area contributed by atoms with E-state index in [1.807, 2.05) is 53.2 Å². The van der Waals surface area contributed by atoms with Crippen LogP contribution < -0.4 is 16.2 Å². The zero-order chi connectivity index (χ0) is 18.1. The van der Waals surface area contributed by atoms with Gasteiger partial charge in [-0.25, -0.2) is 15.8 Å². The highest BCUT2D eigenvalue weighted by atomic mass is 79.9. The molecule has 0 radical (unpaired) electrons. The van der Waals surface area contributed by atoms with E-state index in [1.165, 1.54) is 0 Å². The molecule has 3 N–H and O–H groups in total. The molecule has 4 rings (SSSR count).